The number of aryl methyl sites for hydroxylation is 1. The highest BCUT2D eigenvalue weighted by Crippen LogP contribution is 2.26. The molecule has 0 aliphatic heterocycles. The predicted molar refractivity (Wildman–Crippen MR) is 77.9 cm³/mol. The number of aldehydes is 1. The molecule has 0 radical (unpaired) electrons. The topological polar surface area (TPSA) is 33.2 Å². The number of anilines is 1. The molecule has 0 aliphatic carbocycles. The zero-order valence-corrected chi connectivity index (χ0v) is 12.2. The van der Waals surface area contributed by atoms with Crippen molar-refractivity contribution in [2.45, 2.75) is 26.3 Å². The minimum absolute atomic E-state index is 0.768. The number of hydrogen-bond acceptors (Lipinski definition) is 5. The molecule has 0 unspecified atom stereocenters. The molecule has 2 aromatic heterocycles. The molecule has 0 spiro atoms. The summed E-state index contributed by atoms with van der Waals surface area (Å²) in [4.78, 5) is 19.7. The van der Waals surface area contributed by atoms with E-state index in [1.54, 1.807) is 11.3 Å². The summed E-state index contributed by atoms with van der Waals surface area (Å²) in [5.41, 5.74) is 0.936. The first kappa shape index (κ1) is 13.2. The second-order valence-corrected chi connectivity index (χ2v) is 6.15. The number of thiophene rings is 1. The van der Waals surface area contributed by atoms with E-state index in [0.717, 1.165) is 41.4 Å². The zero-order chi connectivity index (χ0) is 13.0. The van der Waals surface area contributed by atoms with E-state index in [4.69, 9.17) is 0 Å². The van der Waals surface area contributed by atoms with Gasteiger partial charge in [0.05, 0.1) is 17.1 Å². The van der Waals surface area contributed by atoms with E-state index in [9.17, 15) is 4.79 Å². The highest BCUT2D eigenvalue weighted by Gasteiger charge is 2.13. The van der Waals surface area contributed by atoms with Crippen LogP contribution in [0.4, 0.5) is 5.13 Å². The number of rotatable bonds is 6. The third-order valence-corrected chi connectivity index (χ3v) is 4.61. The van der Waals surface area contributed by atoms with Crippen molar-refractivity contribution >= 4 is 34.1 Å². The van der Waals surface area contributed by atoms with Gasteiger partial charge in [-0.25, -0.2) is 4.98 Å². The van der Waals surface area contributed by atoms with E-state index in [1.807, 2.05) is 7.05 Å². The van der Waals surface area contributed by atoms with Gasteiger partial charge in [-0.2, -0.15) is 0 Å². The molecule has 0 amide bonds. The Balaban J connectivity index is 2.14. The average molecular weight is 280 g/mol. The van der Waals surface area contributed by atoms with E-state index in [-0.39, 0.29) is 0 Å². The van der Waals surface area contributed by atoms with Crippen LogP contribution in [-0.2, 0) is 13.0 Å². The van der Waals surface area contributed by atoms with Crippen molar-refractivity contribution in [1.82, 2.24) is 4.98 Å². The molecule has 96 valence electrons. The first-order valence-corrected chi connectivity index (χ1v) is 7.62. The van der Waals surface area contributed by atoms with Crippen LogP contribution in [0.15, 0.2) is 17.5 Å². The minimum atomic E-state index is 0.768. The van der Waals surface area contributed by atoms with Gasteiger partial charge in [-0.15, -0.1) is 11.3 Å². The van der Waals surface area contributed by atoms with Crippen LogP contribution in [-0.4, -0.2) is 18.3 Å². The van der Waals surface area contributed by atoms with Crippen LogP contribution in [0.2, 0.25) is 0 Å². The monoisotopic (exact) mass is 280 g/mol. The van der Waals surface area contributed by atoms with E-state index >= 15 is 0 Å². The summed E-state index contributed by atoms with van der Waals surface area (Å²) >= 11 is 3.22. The maximum atomic E-state index is 11.0. The van der Waals surface area contributed by atoms with Gasteiger partial charge in [0.25, 0.3) is 0 Å². The largest absolute Gasteiger partial charge is 0.346 e. The van der Waals surface area contributed by atoms with Gasteiger partial charge in [0, 0.05) is 11.9 Å². The lowest BCUT2D eigenvalue weighted by molar-refractivity contribution is 0.112. The molecule has 2 aromatic rings. The van der Waals surface area contributed by atoms with Crippen molar-refractivity contribution in [3.8, 4) is 0 Å². The zero-order valence-electron chi connectivity index (χ0n) is 10.5. The summed E-state index contributed by atoms with van der Waals surface area (Å²) in [6.07, 6.45) is 2.81. The maximum Gasteiger partial charge on any atom is 0.186 e. The molecular weight excluding hydrogens is 264 g/mol. The van der Waals surface area contributed by atoms with E-state index in [2.05, 4.69) is 34.3 Å². The van der Waals surface area contributed by atoms with Crippen LogP contribution >= 0.6 is 22.7 Å². The minimum Gasteiger partial charge on any atom is -0.346 e. The number of carbonyl (C=O) groups is 1. The van der Waals surface area contributed by atoms with Crippen LogP contribution < -0.4 is 4.90 Å². The van der Waals surface area contributed by atoms with Crippen LogP contribution in [0.25, 0.3) is 0 Å². The molecule has 2 rings (SSSR count). The SMILES string of the molecule is CCCc1nc(N(C)Cc2cccs2)sc1C=O. The molecule has 0 saturated heterocycles. The Morgan fingerprint density at radius 2 is 2.33 bits per heavy atom. The molecule has 0 aromatic carbocycles. The fourth-order valence-electron chi connectivity index (χ4n) is 1.73. The second kappa shape index (κ2) is 6.11. The van der Waals surface area contributed by atoms with Crippen LogP contribution in [0.1, 0.15) is 33.6 Å². The van der Waals surface area contributed by atoms with Crippen molar-refractivity contribution in [2.75, 3.05) is 11.9 Å². The van der Waals surface area contributed by atoms with Crippen molar-refractivity contribution < 1.29 is 4.79 Å². The van der Waals surface area contributed by atoms with Crippen LogP contribution in [0.5, 0.6) is 0 Å². The summed E-state index contributed by atoms with van der Waals surface area (Å²) in [6, 6.07) is 4.16. The third-order valence-electron chi connectivity index (χ3n) is 2.61. The van der Waals surface area contributed by atoms with Gasteiger partial charge in [0.15, 0.2) is 11.4 Å². The Morgan fingerprint density at radius 3 is 2.94 bits per heavy atom. The Morgan fingerprint density at radius 1 is 1.50 bits per heavy atom. The smallest absolute Gasteiger partial charge is 0.186 e. The highest BCUT2D eigenvalue weighted by atomic mass is 32.1. The maximum absolute atomic E-state index is 11.0. The molecule has 5 heteroatoms. The molecule has 2 heterocycles. The van der Waals surface area contributed by atoms with Gasteiger partial charge in [-0.05, 0) is 17.9 Å². The molecule has 3 nitrogen and oxygen atoms in total. The standard InChI is InChI=1S/C13H16N2OS2/c1-3-5-11-12(9-16)18-13(14-11)15(2)8-10-6-4-7-17-10/h4,6-7,9H,3,5,8H2,1-2H3. The number of carbonyl (C=O) groups excluding carboxylic acids is 1. The third kappa shape index (κ3) is 2.97. The summed E-state index contributed by atoms with van der Waals surface area (Å²) in [6.45, 7) is 2.94. The predicted octanol–water partition coefficient (Wildman–Crippen LogP) is 3.61. The lowest BCUT2D eigenvalue weighted by atomic mass is 10.2. The fourth-order valence-corrected chi connectivity index (χ4v) is 3.37. The van der Waals surface area contributed by atoms with Crippen molar-refractivity contribution in [1.29, 1.82) is 0 Å². The summed E-state index contributed by atoms with van der Waals surface area (Å²) in [7, 11) is 2.02. The number of aromatic nitrogens is 1. The molecule has 0 aliphatic rings. The molecular formula is C13H16N2OS2. The molecule has 0 bridgehead atoms. The molecule has 0 atom stereocenters. The average Bonchev–Trinajstić information content (AvgIpc) is 2.98. The van der Waals surface area contributed by atoms with Gasteiger partial charge in [0.1, 0.15) is 0 Å². The van der Waals surface area contributed by atoms with Gasteiger partial charge < -0.3 is 4.90 Å². The fraction of sp³-hybridized carbons (Fsp3) is 0.385. The Labute approximate surface area is 115 Å². The second-order valence-electron chi connectivity index (χ2n) is 4.11. The van der Waals surface area contributed by atoms with E-state index in [0.29, 0.717) is 0 Å². The quantitative estimate of drug-likeness (QED) is 0.758. The molecule has 0 saturated carbocycles. The highest BCUT2D eigenvalue weighted by molar-refractivity contribution is 7.17. The van der Waals surface area contributed by atoms with Gasteiger partial charge in [-0.1, -0.05) is 30.7 Å². The van der Waals surface area contributed by atoms with Crippen molar-refractivity contribution in [3.63, 3.8) is 0 Å². The molecule has 0 fully saturated rings. The first-order chi connectivity index (χ1) is 8.74. The summed E-state index contributed by atoms with van der Waals surface area (Å²) in [5.74, 6) is 0. The summed E-state index contributed by atoms with van der Waals surface area (Å²) in [5, 5.41) is 3.00. The van der Waals surface area contributed by atoms with Crippen molar-refractivity contribution in [3.05, 3.63) is 33.0 Å². The Bertz CT molecular complexity index is 505. The first-order valence-electron chi connectivity index (χ1n) is 5.93. The number of thiazole rings is 1. The normalized spacial score (nSPS) is 10.6. The number of hydrogen-bond donors (Lipinski definition) is 0. The Hall–Kier alpha value is -1.20. The van der Waals surface area contributed by atoms with Gasteiger partial charge in [0.2, 0.25) is 0 Å². The van der Waals surface area contributed by atoms with E-state index in [1.165, 1.54) is 16.2 Å². The lowest BCUT2D eigenvalue weighted by Gasteiger charge is -2.13. The Kier molecular flexibility index (Phi) is 4.49. The van der Waals surface area contributed by atoms with Gasteiger partial charge >= 0.3 is 0 Å². The summed E-state index contributed by atoms with van der Waals surface area (Å²) < 4.78 is 0. The van der Waals surface area contributed by atoms with Gasteiger partial charge in [-0.3, -0.25) is 4.79 Å². The van der Waals surface area contributed by atoms with Crippen LogP contribution in [0, 0.1) is 0 Å². The molecule has 18 heavy (non-hydrogen) atoms. The number of nitrogens with zero attached hydrogens (tertiary/aromatic N) is 2. The van der Waals surface area contributed by atoms with E-state index < -0.39 is 0 Å². The lowest BCUT2D eigenvalue weighted by Crippen LogP contribution is -2.15. The van der Waals surface area contributed by atoms with Crippen LogP contribution in [0.3, 0.4) is 0 Å². The molecule has 0 N–H and O–H groups in total. The van der Waals surface area contributed by atoms with Crippen molar-refractivity contribution in [2.24, 2.45) is 0 Å².